The number of amides is 4. The number of nitrogens with two attached hydrogens (primary N) is 3. The van der Waals surface area contributed by atoms with Crippen LogP contribution < -0.4 is 38.5 Å². The molecule has 3 aliphatic rings. The van der Waals surface area contributed by atoms with Crippen molar-refractivity contribution >= 4 is 41.2 Å². The first-order valence-corrected chi connectivity index (χ1v) is 16.1. The number of guanidine groups is 1. The molecule has 0 aromatic heterocycles. The largest absolute Gasteiger partial charge is 0.370 e. The first-order valence-electron chi connectivity index (χ1n) is 16.1. The van der Waals surface area contributed by atoms with E-state index in [1.54, 1.807) is 0 Å². The average molecular weight is 639 g/mol. The van der Waals surface area contributed by atoms with E-state index in [0.29, 0.717) is 12.8 Å². The van der Waals surface area contributed by atoms with Crippen LogP contribution in [0.15, 0.2) is 35.3 Å². The van der Waals surface area contributed by atoms with E-state index in [4.69, 9.17) is 17.2 Å². The van der Waals surface area contributed by atoms with Crippen LogP contribution in [-0.4, -0.2) is 78.4 Å². The number of hydrogen-bond donors (Lipinski definition) is 7. The fourth-order valence-corrected chi connectivity index (χ4v) is 6.84. The lowest BCUT2D eigenvalue weighted by atomic mass is 9.70. The molecular formula is C32H46N8O6. The molecule has 250 valence electrons. The van der Waals surface area contributed by atoms with Crippen molar-refractivity contribution in [3.8, 4) is 0 Å². The van der Waals surface area contributed by atoms with E-state index in [2.05, 4.69) is 26.3 Å². The predicted octanol–water partition coefficient (Wildman–Crippen LogP) is -1.21. The Kier molecular flexibility index (Phi) is 11.9. The fourth-order valence-electron chi connectivity index (χ4n) is 6.84. The SMILES string of the molecule is CCCC[C@@H]1NC[C@H](C(=O)C2C[C@H](C(=O)C3C[C@H](C(N)=O)NC(=O)[C@H]3CCCN=C(N)N)NC(=O)[C@@H]2Cc2ccccc2)NC1=O. The molecule has 2 unspecified atom stereocenters. The molecule has 46 heavy (non-hydrogen) atoms. The number of carbonyl (C=O) groups excluding carboxylic acids is 6. The molecule has 4 amide bonds. The number of rotatable bonds is 14. The summed E-state index contributed by atoms with van der Waals surface area (Å²) in [6.07, 6.45) is 3.31. The first kappa shape index (κ1) is 34.5. The summed E-state index contributed by atoms with van der Waals surface area (Å²) >= 11 is 0. The number of unbranched alkanes of at least 4 members (excludes halogenated alkanes) is 1. The van der Waals surface area contributed by atoms with Gasteiger partial charge in [0, 0.05) is 30.8 Å². The molecule has 0 bridgehead atoms. The first-order chi connectivity index (χ1) is 22.0. The molecule has 0 spiro atoms. The minimum absolute atomic E-state index is 0.00732. The van der Waals surface area contributed by atoms with Gasteiger partial charge in [0.1, 0.15) is 12.1 Å². The predicted molar refractivity (Wildman–Crippen MR) is 170 cm³/mol. The van der Waals surface area contributed by atoms with E-state index in [9.17, 15) is 28.8 Å². The molecule has 1 aromatic carbocycles. The maximum absolute atomic E-state index is 14.2. The van der Waals surface area contributed by atoms with Gasteiger partial charge in [-0.15, -0.1) is 0 Å². The van der Waals surface area contributed by atoms with Crippen LogP contribution in [0, 0.1) is 23.7 Å². The minimum Gasteiger partial charge on any atom is -0.370 e. The number of hydrogen-bond acceptors (Lipinski definition) is 8. The highest BCUT2D eigenvalue weighted by atomic mass is 16.2. The third-order valence-electron chi connectivity index (χ3n) is 9.33. The van der Waals surface area contributed by atoms with Gasteiger partial charge in [-0.05, 0) is 44.1 Å². The van der Waals surface area contributed by atoms with Crippen molar-refractivity contribution in [1.29, 1.82) is 0 Å². The number of ketones is 2. The van der Waals surface area contributed by atoms with Crippen LogP contribution in [0.5, 0.6) is 0 Å². The lowest BCUT2D eigenvalue weighted by molar-refractivity contribution is -0.147. The number of nitrogens with one attached hydrogen (secondary N) is 4. The molecule has 4 rings (SSSR count). The summed E-state index contributed by atoms with van der Waals surface area (Å²) in [5.41, 5.74) is 17.2. The zero-order chi connectivity index (χ0) is 33.4. The second-order valence-electron chi connectivity index (χ2n) is 12.5. The molecule has 14 heteroatoms. The number of carbonyl (C=O) groups is 6. The lowest BCUT2D eigenvalue weighted by Crippen LogP contribution is -2.64. The van der Waals surface area contributed by atoms with Crippen molar-refractivity contribution < 1.29 is 28.8 Å². The normalized spacial score (nSPS) is 29.5. The Labute approximate surface area is 268 Å². The molecule has 0 aliphatic carbocycles. The number of benzene rings is 1. The molecule has 10 N–H and O–H groups in total. The Morgan fingerprint density at radius 1 is 0.783 bits per heavy atom. The maximum Gasteiger partial charge on any atom is 0.240 e. The quantitative estimate of drug-likeness (QED) is 0.0734. The highest BCUT2D eigenvalue weighted by Crippen LogP contribution is 2.34. The molecule has 1 aromatic rings. The highest BCUT2D eigenvalue weighted by molar-refractivity contribution is 6.01. The van der Waals surface area contributed by atoms with Gasteiger partial charge in [-0.25, -0.2) is 0 Å². The van der Waals surface area contributed by atoms with Gasteiger partial charge in [0.25, 0.3) is 0 Å². The zero-order valence-electron chi connectivity index (χ0n) is 26.2. The van der Waals surface area contributed by atoms with Crippen molar-refractivity contribution in [2.24, 2.45) is 45.9 Å². The Morgan fingerprint density at radius 2 is 1.39 bits per heavy atom. The second kappa shape index (κ2) is 15.8. The lowest BCUT2D eigenvalue weighted by Gasteiger charge is -2.41. The smallest absolute Gasteiger partial charge is 0.240 e. The molecule has 14 nitrogen and oxygen atoms in total. The van der Waals surface area contributed by atoms with E-state index in [-0.39, 0.29) is 56.4 Å². The van der Waals surface area contributed by atoms with Crippen molar-refractivity contribution in [2.75, 3.05) is 13.1 Å². The Balaban J connectivity index is 1.57. The van der Waals surface area contributed by atoms with Crippen molar-refractivity contribution in [2.45, 2.75) is 82.5 Å². The zero-order valence-corrected chi connectivity index (χ0v) is 26.2. The summed E-state index contributed by atoms with van der Waals surface area (Å²) in [6.45, 7) is 2.49. The van der Waals surface area contributed by atoms with Crippen LogP contribution in [0.1, 0.15) is 57.4 Å². The van der Waals surface area contributed by atoms with E-state index < -0.39 is 71.3 Å². The van der Waals surface area contributed by atoms with Gasteiger partial charge >= 0.3 is 0 Å². The minimum atomic E-state index is -1.08. The molecule has 0 saturated carbocycles. The van der Waals surface area contributed by atoms with E-state index in [1.165, 1.54) is 0 Å². The average Bonchev–Trinajstić information content (AvgIpc) is 3.03. The van der Waals surface area contributed by atoms with Gasteiger partial charge in [0.2, 0.25) is 23.6 Å². The van der Waals surface area contributed by atoms with Crippen molar-refractivity contribution in [3.63, 3.8) is 0 Å². The summed E-state index contributed by atoms with van der Waals surface area (Å²) in [4.78, 5) is 83.9. The fraction of sp³-hybridized carbons (Fsp3) is 0.594. The molecule has 8 atom stereocenters. The summed E-state index contributed by atoms with van der Waals surface area (Å²) in [5, 5.41) is 11.4. The van der Waals surface area contributed by atoms with E-state index in [1.807, 2.05) is 37.3 Å². The summed E-state index contributed by atoms with van der Waals surface area (Å²) in [5.74, 6) is -6.27. The van der Waals surface area contributed by atoms with Crippen LogP contribution in [0.2, 0.25) is 0 Å². The Hall–Kier alpha value is -4.33. The van der Waals surface area contributed by atoms with Crippen LogP contribution in [0.25, 0.3) is 0 Å². The van der Waals surface area contributed by atoms with Gasteiger partial charge < -0.3 is 38.5 Å². The molecule has 3 fully saturated rings. The standard InChI is InChI=1S/C32H46N8O6/c1-2-3-11-22-31(46)40-25(16-37-22)27(42)20-14-23(38-30(45)21(20)13-17-8-5-4-6-9-17)26(41)19-15-24(28(33)43)39-29(44)18(19)10-7-12-36-32(34)35/h4-6,8-9,18-25,37H,2-3,7,10-16H2,1H3,(H2,33,43)(H,38,45)(H,39,44)(H,40,46)(H4,34,35,36)/t18-,19?,20?,21+,22-,23+,24+,25+/m0/s1. The van der Waals surface area contributed by atoms with Crippen LogP contribution in [-0.2, 0) is 35.2 Å². The summed E-state index contributed by atoms with van der Waals surface area (Å²) < 4.78 is 0. The van der Waals surface area contributed by atoms with Crippen molar-refractivity contribution in [3.05, 3.63) is 35.9 Å². The summed E-state index contributed by atoms with van der Waals surface area (Å²) in [6, 6.07) is 5.89. The van der Waals surface area contributed by atoms with E-state index >= 15 is 0 Å². The van der Waals surface area contributed by atoms with Gasteiger partial charge in [0.15, 0.2) is 17.5 Å². The number of aliphatic imine (C=N–C) groups is 1. The molecule has 0 radical (unpaired) electrons. The van der Waals surface area contributed by atoms with Gasteiger partial charge in [-0.2, -0.15) is 0 Å². The summed E-state index contributed by atoms with van der Waals surface area (Å²) in [7, 11) is 0. The van der Waals surface area contributed by atoms with Crippen LogP contribution in [0.4, 0.5) is 0 Å². The molecule has 3 aliphatic heterocycles. The number of piperidine rings is 2. The number of Topliss-reactive ketones (excluding diaryl/α,β-unsaturated/α-hetero) is 2. The maximum atomic E-state index is 14.2. The number of piperazine rings is 1. The monoisotopic (exact) mass is 638 g/mol. The van der Waals surface area contributed by atoms with E-state index in [0.717, 1.165) is 18.4 Å². The van der Waals surface area contributed by atoms with Gasteiger partial charge in [-0.1, -0.05) is 50.1 Å². The highest BCUT2D eigenvalue weighted by Gasteiger charge is 2.49. The van der Waals surface area contributed by atoms with Crippen LogP contribution >= 0.6 is 0 Å². The molecular weight excluding hydrogens is 592 g/mol. The third kappa shape index (κ3) is 8.47. The Morgan fingerprint density at radius 3 is 2.04 bits per heavy atom. The number of nitrogens with zero attached hydrogens (tertiary/aromatic N) is 1. The topological polar surface area (TPSA) is 241 Å². The second-order valence-corrected chi connectivity index (χ2v) is 12.5. The molecule has 3 heterocycles. The van der Waals surface area contributed by atoms with Gasteiger partial charge in [0.05, 0.1) is 18.0 Å². The Bertz CT molecular complexity index is 1330. The van der Waals surface area contributed by atoms with Gasteiger partial charge in [-0.3, -0.25) is 33.8 Å². The van der Waals surface area contributed by atoms with Crippen LogP contribution in [0.3, 0.4) is 0 Å². The molecule has 3 saturated heterocycles. The number of primary amides is 1. The third-order valence-corrected chi connectivity index (χ3v) is 9.33. The van der Waals surface area contributed by atoms with Crippen molar-refractivity contribution in [1.82, 2.24) is 21.3 Å².